The van der Waals surface area contributed by atoms with Crippen molar-refractivity contribution in [1.82, 2.24) is 29.8 Å². The Labute approximate surface area is 206 Å². The van der Waals surface area contributed by atoms with Crippen molar-refractivity contribution in [3.8, 4) is 5.75 Å². The molecule has 0 unspecified atom stereocenters. The van der Waals surface area contributed by atoms with Gasteiger partial charge in [-0.1, -0.05) is 20.8 Å². The van der Waals surface area contributed by atoms with Gasteiger partial charge in [-0.05, 0) is 31.9 Å². The van der Waals surface area contributed by atoms with Gasteiger partial charge >= 0.3 is 0 Å². The minimum Gasteiger partial charge on any atom is -0.492 e. The molecule has 10 heteroatoms. The first kappa shape index (κ1) is 25.1. The topological polar surface area (TPSA) is 106 Å². The highest BCUT2D eigenvalue weighted by atomic mass is 16.5. The van der Waals surface area contributed by atoms with E-state index < -0.39 is 0 Å². The van der Waals surface area contributed by atoms with Crippen molar-refractivity contribution in [1.29, 1.82) is 0 Å². The highest BCUT2D eigenvalue weighted by Crippen LogP contribution is 2.25. The third kappa shape index (κ3) is 6.37. The molecule has 0 bridgehead atoms. The second kappa shape index (κ2) is 11.2. The molecular formula is C25H37N7O3. The molecule has 1 aliphatic heterocycles. The molecule has 0 atom stereocenters. The maximum absolute atomic E-state index is 12.0. The summed E-state index contributed by atoms with van der Waals surface area (Å²) >= 11 is 0. The molecule has 0 radical (unpaired) electrons. The SMILES string of the molecule is Cc1nnc2c(NCCCCNC(=O)C(C)(C)C)nc3cc(OCCN4CCOCC4)ccc3n12. The smallest absolute Gasteiger partial charge is 0.225 e. The van der Waals surface area contributed by atoms with Crippen LogP contribution in [0, 0.1) is 12.3 Å². The minimum absolute atomic E-state index is 0.0743. The normalized spacial score (nSPS) is 15.0. The van der Waals surface area contributed by atoms with Gasteiger partial charge in [0, 0.05) is 44.2 Å². The van der Waals surface area contributed by atoms with Gasteiger partial charge in [-0.25, -0.2) is 4.98 Å². The summed E-state index contributed by atoms with van der Waals surface area (Å²) in [6.45, 7) is 14.0. The lowest BCUT2D eigenvalue weighted by Crippen LogP contribution is -2.38. The van der Waals surface area contributed by atoms with Crippen LogP contribution >= 0.6 is 0 Å². The number of nitrogens with zero attached hydrogens (tertiary/aromatic N) is 5. The van der Waals surface area contributed by atoms with Crippen molar-refractivity contribution in [3.63, 3.8) is 0 Å². The lowest BCUT2D eigenvalue weighted by atomic mass is 9.96. The highest BCUT2D eigenvalue weighted by Gasteiger charge is 2.20. The molecule has 0 spiro atoms. The number of hydrogen-bond acceptors (Lipinski definition) is 8. The fraction of sp³-hybridized carbons (Fsp3) is 0.600. The third-order valence-corrected chi connectivity index (χ3v) is 6.10. The highest BCUT2D eigenvalue weighted by molar-refractivity contribution is 5.84. The van der Waals surface area contributed by atoms with Crippen LogP contribution < -0.4 is 15.4 Å². The molecule has 10 nitrogen and oxygen atoms in total. The molecule has 1 aromatic carbocycles. The van der Waals surface area contributed by atoms with Crippen molar-refractivity contribution < 1.29 is 14.3 Å². The minimum atomic E-state index is -0.366. The van der Waals surface area contributed by atoms with Gasteiger partial charge in [0.05, 0.1) is 24.2 Å². The van der Waals surface area contributed by atoms with Gasteiger partial charge < -0.3 is 20.1 Å². The number of carbonyl (C=O) groups excluding carboxylic acids is 1. The van der Waals surface area contributed by atoms with Crippen LogP contribution in [0.3, 0.4) is 0 Å². The van der Waals surface area contributed by atoms with Gasteiger partial charge in [0.15, 0.2) is 5.82 Å². The third-order valence-electron chi connectivity index (χ3n) is 6.10. The number of aromatic nitrogens is 4. The summed E-state index contributed by atoms with van der Waals surface area (Å²) in [6.07, 6.45) is 1.78. The summed E-state index contributed by atoms with van der Waals surface area (Å²) in [6, 6.07) is 5.96. The number of benzene rings is 1. The average Bonchev–Trinajstić information content (AvgIpc) is 3.23. The van der Waals surface area contributed by atoms with Crippen molar-refractivity contribution >= 4 is 28.4 Å². The van der Waals surface area contributed by atoms with E-state index in [0.717, 1.165) is 74.8 Å². The van der Waals surface area contributed by atoms with Gasteiger partial charge in [0.25, 0.3) is 0 Å². The Kier molecular flexibility index (Phi) is 8.02. The Morgan fingerprint density at radius 2 is 1.91 bits per heavy atom. The van der Waals surface area contributed by atoms with Crippen molar-refractivity contribution in [2.75, 3.05) is 57.9 Å². The molecule has 2 N–H and O–H groups in total. The molecule has 190 valence electrons. The van der Waals surface area contributed by atoms with Crippen LogP contribution in [-0.4, -0.2) is 82.9 Å². The predicted octanol–water partition coefficient (Wildman–Crippen LogP) is 2.65. The number of ether oxygens (including phenoxy) is 2. The first-order valence-electron chi connectivity index (χ1n) is 12.4. The Hall–Kier alpha value is -2.98. The first-order valence-corrected chi connectivity index (χ1v) is 12.4. The maximum atomic E-state index is 12.0. The van der Waals surface area contributed by atoms with E-state index in [9.17, 15) is 4.79 Å². The number of carbonyl (C=O) groups is 1. The number of amides is 1. The van der Waals surface area contributed by atoms with Crippen LogP contribution in [0.15, 0.2) is 18.2 Å². The average molecular weight is 484 g/mol. The van der Waals surface area contributed by atoms with Gasteiger partial charge in [0.1, 0.15) is 18.2 Å². The van der Waals surface area contributed by atoms with Gasteiger partial charge in [-0.2, -0.15) is 0 Å². The monoisotopic (exact) mass is 483 g/mol. The number of fused-ring (bicyclic) bond motifs is 3. The fourth-order valence-corrected chi connectivity index (χ4v) is 4.01. The number of aryl methyl sites for hydroxylation is 1. The fourth-order valence-electron chi connectivity index (χ4n) is 4.01. The number of anilines is 1. The van der Waals surface area contributed by atoms with Crippen LogP contribution in [0.1, 0.15) is 39.4 Å². The van der Waals surface area contributed by atoms with E-state index in [1.165, 1.54) is 0 Å². The Bertz CT molecular complexity index is 1150. The maximum Gasteiger partial charge on any atom is 0.225 e. The van der Waals surface area contributed by atoms with E-state index >= 15 is 0 Å². The summed E-state index contributed by atoms with van der Waals surface area (Å²) in [5.41, 5.74) is 2.11. The lowest BCUT2D eigenvalue weighted by Gasteiger charge is -2.26. The zero-order valence-corrected chi connectivity index (χ0v) is 21.3. The molecular weight excluding hydrogens is 446 g/mol. The predicted molar refractivity (Wildman–Crippen MR) is 136 cm³/mol. The molecule has 0 saturated carbocycles. The van der Waals surface area contributed by atoms with Gasteiger partial charge in [-0.15, -0.1) is 10.2 Å². The summed E-state index contributed by atoms with van der Waals surface area (Å²) in [5, 5.41) is 15.0. The van der Waals surface area contributed by atoms with Gasteiger partial charge in [-0.3, -0.25) is 14.1 Å². The first-order chi connectivity index (χ1) is 16.8. The van der Waals surface area contributed by atoms with E-state index in [1.807, 2.05) is 50.3 Å². The Morgan fingerprint density at radius 1 is 1.14 bits per heavy atom. The molecule has 1 saturated heterocycles. The molecule has 1 aliphatic rings. The van der Waals surface area contributed by atoms with Crippen LogP contribution in [-0.2, 0) is 9.53 Å². The largest absolute Gasteiger partial charge is 0.492 e. The number of hydrogen-bond donors (Lipinski definition) is 2. The molecule has 2 aromatic heterocycles. The molecule has 0 aliphatic carbocycles. The lowest BCUT2D eigenvalue weighted by molar-refractivity contribution is -0.128. The summed E-state index contributed by atoms with van der Waals surface area (Å²) in [4.78, 5) is 19.2. The summed E-state index contributed by atoms with van der Waals surface area (Å²) < 4.78 is 13.5. The number of rotatable bonds is 10. The molecule has 3 heterocycles. The standard InChI is InChI=1S/C25H37N7O3/c1-18-29-30-23-22(26-9-5-6-10-27-24(33)25(2,3)4)28-20-17-19(7-8-21(20)32(18)23)35-16-13-31-11-14-34-15-12-31/h7-8,17H,5-6,9-16H2,1-4H3,(H,26,28)(H,27,33). The number of unbranched alkanes of at least 4 members (excludes halogenated alkanes) is 1. The summed E-state index contributed by atoms with van der Waals surface area (Å²) in [5.74, 6) is 2.37. The van der Waals surface area contributed by atoms with Crippen LogP contribution in [0.5, 0.6) is 5.75 Å². The van der Waals surface area contributed by atoms with E-state index in [1.54, 1.807) is 0 Å². The molecule has 3 aromatic rings. The van der Waals surface area contributed by atoms with Crippen molar-refractivity contribution in [3.05, 3.63) is 24.0 Å². The van der Waals surface area contributed by atoms with Crippen LogP contribution in [0.2, 0.25) is 0 Å². The van der Waals surface area contributed by atoms with Crippen molar-refractivity contribution in [2.24, 2.45) is 5.41 Å². The molecule has 4 rings (SSSR count). The molecule has 35 heavy (non-hydrogen) atoms. The van der Waals surface area contributed by atoms with E-state index in [2.05, 4.69) is 25.7 Å². The van der Waals surface area contributed by atoms with Crippen molar-refractivity contribution in [2.45, 2.75) is 40.5 Å². The quantitative estimate of drug-likeness (QED) is 0.424. The van der Waals surface area contributed by atoms with E-state index in [-0.39, 0.29) is 11.3 Å². The second-order valence-corrected chi connectivity index (χ2v) is 9.96. The zero-order chi connectivity index (χ0) is 24.8. The van der Waals surface area contributed by atoms with Gasteiger partial charge in [0.2, 0.25) is 11.6 Å². The second-order valence-electron chi connectivity index (χ2n) is 9.96. The number of morpholine rings is 1. The summed E-state index contributed by atoms with van der Waals surface area (Å²) in [7, 11) is 0. The Morgan fingerprint density at radius 3 is 2.69 bits per heavy atom. The van der Waals surface area contributed by atoms with E-state index in [0.29, 0.717) is 24.6 Å². The van der Waals surface area contributed by atoms with Crippen LogP contribution in [0.4, 0.5) is 5.82 Å². The molecule has 1 fully saturated rings. The van der Waals surface area contributed by atoms with Crippen LogP contribution in [0.25, 0.3) is 16.7 Å². The Balaban J connectivity index is 1.38. The molecule has 1 amide bonds. The zero-order valence-electron chi connectivity index (χ0n) is 21.3. The van der Waals surface area contributed by atoms with E-state index in [4.69, 9.17) is 14.5 Å². The number of nitrogens with one attached hydrogen (secondary N) is 2.